The third kappa shape index (κ3) is 4.41. The van der Waals surface area contributed by atoms with Crippen molar-refractivity contribution in [3.8, 4) is 0 Å². The average Bonchev–Trinajstić information content (AvgIpc) is 2.35. The molecular weight excluding hydrogens is 306 g/mol. The molecule has 0 atom stereocenters. The van der Waals surface area contributed by atoms with Gasteiger partial charge in [-0.05, 0) is 18.2 Å². The van der Waals surface area contributed by atoms with Crippen molar-refractivity contribution in [2.75, 3.05) is 12.1 Å². The minimum absolute atomic E-state index is 0.00525. The number of rotatable bonds is 2. The monoisotopic (exact) mass is 316 g/mol. The summed E-state index contributed by atoms with van der Waals surface area (Å²) in [6.07, 6.45) is -9.91. The van der Waals surface area contributed by atoms with Gasteiger partial charge in [-0.25, -0.2) is 5.48 Å². The van der Waals surface area contributed by atoms with Gasteiger partial charge in [0.25, 0.3) is 0 Å². The van der Waals surface area contributed by atoms with Crippen molar-refractivity contribution in [1.82, 2.24) is 5.48 Å². The molecule has 1 aromatic carbocycles. The third-order valence-electron chi connectivity index (χ3n) is 2.32. The molecule has 4 N–H and O–H groups in total. The van der Waals surface area contributed by atoms with Crippen LogP contribution in [0, 0.1) is 0 Å². The number of anilines is 1. The van der Waals surface area contributed by atoms with Crippen LogP contribution in [0.15, 0.2) is 23.3 Å². The third-order valence-corrected chi connectivity index (χ3v) is 2.32. The van der Waals surface area contributed by atoms with E-state index >= 15 is 0 Å². The Bertz CT molecular complexity index is 507. The highest BCUT2D eigenvalue weighted by Crippen LogP contribution is 2.38. The van der Waals surface area contributed by atoms with Crippen LogP contribution in [-0.4, -0.2) is 18.2 Å². The largest absolute Gasteiger partial charge is 0.416 e. The highest BCUT2D eigenvalue weighted by Gasteiger charge is 2.37. The van der Waals surface area contributed by atoms with Crippen LogP contribution >= 0.6 is 0 Å². The zero-order chi connectivity index (χ0) is 16.4. The molecule has 11 heteroatoms. The Morgan fingerprint density at radius 3 is 1.86 bits per heavy atom. The second kappa shape index (κ2) is 5.68. The standard InChI is InChI=1S/C10H10F6N4O/c1-20(18-8(17)19-21)7-3-5(9(11,12)13)2-6(4-7)10(14,15)16/h2-4,21H,1H3,(H3,17,18,19). The minimum Gasteiger partial charge on any atom is -0.367 e. The number of nitrogens with zero attached hydrogens (tertiary/aromatic N) is 2. The van der Waals surface area contributed by atoms with Gasteiger partial charge in [0.15, 0.2) is 0 Å². The fourth-order valence-corrected chi connectivity index (χ4v) is 1.37. The summed E-state index contributed by atoms with van der Waals surface area (Å²) in [5, 5.41) is 12.4. The minimum atomic E-state index is -4.96. The van der Waals surface area contributed by atoms with Crippen molar-refractivity contribution in [3.63, 3.8) is 0 Å². The molecule has 0 unspecified atom stereocenters. The summed E-state index contributed by atoms with van der Waals surface area (Å²) in [7, 11) is 1.07. The van der Waals surface area contributed by atoms with Crippen LogP contribution in [-0.2, 0) is 12.4 Å². The van der Waals surface area contributed by atoms with Gasteiger partial charge in [0.05, 0.1) is 16.8 Å². The van der Waals surface area contributed by atoms with E-state index in [-0.39, 0.29) is 6.07 Å². The van der Waals surface area contributed by atoms with Crippen LogP contribution in [0.2, 0.25) is 0 Å². The number of hydrazone groups is 1. The molecule has 0 aromatic heterocycles. The first-order valence-electron chi connectivity index (χ1n) is 5.22. The van der Waals surface area contributed by atoms with Crippen molar-refractivity contribution in [1.29, 1.82) is 0 Å². The zero-order valence-electron chi connectivity index (χ0n) is 10.4. The summed E-state index contributed by atoms with van der Waals surface area (Å²) in [4.78, 5) is 0. The number of nitrogens with two attached hydrogens (primary N) is 1. The van der Waals surface area contributed by atoms with Crippen molar-refractivity contribution < 1.29 is 31.5 Å². The summed E-state index contributed by atoms with van der Waals surface area (Å²) in [6, 6.07) is 0.946. The van der Waals surface area contributed by atoms with Crippen LogP contribution in [0.5, 0.6) is 0 Å². The molecular formula is C10H10F6N4O. The molecule has 0 saturated carbocycles. The molecule has 0 amide bonds. The van der Waals surface area contributed by atoms with Gasteiger partial charge >= 0.3 is 12.4 Å². The first-order chi connectivity index (χ1) is 9.45. The van der Waals surface area contributed by atoms with Gasteiger partial charge in [-0.15, -0.1) is 5.10 Å². The van der Waals surface area contributed by atoms with E-state index in [0.717, 1.165) is 7.05 Å². The van der Waals surface area contributed by atoms with E-state index in [0.29, 0.717) is 17.1 Å². The number of hydrogen-bond acceptors (Lipinski definition) is 3. The molecule has 118 valence electrons. The van der Waals surface area contributed by atoms with Crippen LogP contribution in [0.3, 0.4) is 0 Å². The predicted molar refractivity (Wildman–Crippen MR) is 61.4 cm³/mol. The molecule has 0 radical (unpaired) electrons. The van der Waals surface area contributed by atoms with Gasteiger partial charge < -0.3 is 5.73 Å². The van der Waals surface area contributed by atoms with Gasteiger partial charge in [0.2, 0.25) is 5.96 Å². The van der Waals surface area contributed by atoms with E-state index in [2.05, 4.69) is 5.10 Å². The van der Waals surface area contributed by atoms with E-state index in [4.69, 9.17) is 10.9 Å². The number of nitrogens with one attached hydrogen (secondary N) is 1. The van der Waals surface area contributed by atoms with E-state index in [9.17, 15) is 26.3 Å². The first kappa shape index (κ1) is 16.9. The lowest BCUT2D eigenvalue weighted by atomic mass is 10.1. The summed E-state index contributed by atoms with van der Waals surface area (Å²) in [5.74, 6) is -0.608. The second-order valence-corrected chi connectivity index (χ2v) is 3.88. The Kier molecular flexibility index (Phi) is 4.56. The lowest BCUT2D eigenvalue weighted by Gasteiger charge is -2.18. The van der Waals surface area contributed by atoms with Crippen molar-refractivity contribution in [2.24, 2.45) is 10.8 Å². The van der Waals surface area contributed by atoms with Crippen LogP contribution in [0.25, 0.3) is 0 Å². The van der Waals surface area contributed by atoms with E-state index in [1.165, 1.54) is 5.48 Å². The van der Waals surface area contributed by atoms with E-state index in [1.54, 1.807) is 0 Å². The summed E-state index contributed by atoms with van der Waals surface area (Å²) in [6.45, 7) is 0. The lowest BCUT2D eigenvalue weighted by molar-refractivity contribution is -0.143. The number of benzene rings is 1. The van der Waals surface area contributed by atoms with Gasteiger partial charge in [-0.1, -0.05) is 0 Å². The highest BCUT2D eigenvalue weighted by atomic mass is 19.4. The normalized spacial score (nSPS) is 13.2. The molecule has 0 bridgehead atoms. The van der Waals surface area contributed by atoms with Crippen molar-refractivity contribution >= 4 is 11.6 Å². The Hall–Kier alpha value is -2.17. The number of guanidine groups is 1. The lowest BCUT2D eigenvalue weighted by Crippen LogP contribution is -2.31. The number of hydrogen-bond donors (Lipinski definition) is 3. The highest BCUT2D eigenvalue weighted by molar-refractivity contribution is 5.77. The second-order valence-electron chi connectivity index (χ2n) is 3.88. The van der Waals surface area contributed by atoms with Crippen LogP contribution in [0.1, 0.15) is 11.1 Å². The summed E-state index contributed by atoms with van der Waals surface area (Å²) >= 11 is 0. The Balaban J connectivity index is 3.39. The maximum Gasteiger partial charge on any atom is 0.416 e. The molecule has 0 aliphatic heterocycles. The van der Waals surface area contributed by atoms with Crippen molar-refractivity contribution in [3.05, 3.63) is 29.3 Å². The Morgan fingerprint density at radius 2 is 1.52 bits per heavy atom. The Morgan fingerprint density at radius 1 is 1.10 bits per heavy atom. The maximum atomic E-state index is 12.6. The first-order valence-corrected chi connectivity index (χ1v) is 5.22. The number of alkyl halides is 6. The molecule has 1 rings (SSSR count). The fraction of sp³-hybridized carbons (Fsp3) is 0.300. The number of halogens is 6. The molecule has 0 heterocycles. The van der Waals surface area contributed by atoms with Crippen LogP contribution < -0.4 is 16.2 Å². The van der Waals surface area contributed by atoms with Gasteiger partial charge in [-0.3, -0.25) is 10.2 Å². The van der Waals surface area contributed by atoms with Crippen molar-refractivity contribution in [2.45, 2.75) is 12.4 Å². The van der Waals surface area contributed by atoms with E-state index < -0.39 is 35.1 Å². The molecule has 0 aliphatic rings. The fourth-order valence-electron chi connectivity index (χ4n) is 1.37. The average molecular weight is 316 g/mol. The van der Waals surface area contributed by atoms with Gasteiger partial charge in [-0.2, -0.15) is 26.3 Å². The topological polar surface area (TPSA) is 73.9 Å². The zero-order valence-corrected chi connectivity index (χ0v) is 10.4. The molecule has 1 aromatic rings. The molecule has 0 aliphatic carbocycles. The molecule has 0 spiro atoms. The Labute approximate surface area is 114 Å². The van der Waals surface area contributed by atoms with Gasteiger partial charge in [0.1, 0.15) is 0 Å². The smallest absolute Gasteiger partial charge is 0.367 e. The van der Waals surface area contributed by atoms with Gasteiger partial charge in [0, 0.05) is 7.05 Å². The van der Waals surface area contributed by atoms with E-state index in [1.807, 2.05) is 0 Å². The predicted octanol–water partition coefficient (Wildman–Crippen LogP) is 2.37. The SMILES string of the molecule is CN(/N=C(\N)NO)c1cc(C(F)(F)F)cc(C(F)(F)F)c1. The molecule has 21 heavy (non-hydrogen) atoms. The summed E-state index contributed by atoms with van der Waals surface area (Å²) in [5.41, 5.74) is 2.99. The quantitative estimate of drug-likeness (QED) is 0.339. The number of hydroxylamine groups is 1. The molecule has 0 saturated heterocycles. The maximum absolute atomic E-state index is 12.6. The summed E-state index contributed by atoms with van der Waals surface area (Å²) < 4.78 is 75.8. The molecule has 5 nitrogen and oxygen atoms in total. The molecule has 0 fully saturated rings. The van der Waals surface area contributed by atoms with Crippen LogP contribution in [0.4, 0.5) is 32.0 Å².